The number of unbranched alkanes of at least 4 members (excludes halogenated alkanes) is 1. The molecule has 1 aromatic rings. The molecule has 2 aliphatic rings. The van der Waals surface area contributed by atoms with Crippen LogP contribution >= 0.6 is 23.4 Å². The molecule has 0 unspecified atom stereocenters. The summed E-state index contributed by atoms with van der Waals surface area (Å²) in [5.74, 6) is 1.14. The molecular weight excluding hydrogens is 302 g/mol. The third-order valence-electron chi connectivity index (χ3n) is 4.01. The third kappa shape index (κ3) is 4.38. The van der Waals surface area contributed by atoms with E-state index in [2.05, 4.69) is 15.2 Å². The van der Waals surface area contributed by atoms with Crippen LogP contribution in [-0.2, 0) is 6.54 Å². The van der Waals surface area contributed by atoms with Crippen LogP contribution in [0.1, 0.15) is 31.2 Å². The number of halogens is 1. The van der Waals surface area contributed by atoms with Crippen molar-refractivity contribution in [3.05, 3.63) is 28.8 Å². The van der Waals surface area contributed by atoms with Crippen molar-refractivity contribution in [2.75, 3.05) is 30.7 Å². The molecule has 1 aromatic carbocycles. The van der Waals surface area contributed by atoms with Gasteiger partial charge in [0.25, 0.3) is 0 Å². The molecule has 0 aromatic heterocycles. The molecule has 1 saturated heterocycles. The van der Waals surface area contributed by atoms with E-state index >= 15 is 0 Å². The summed E-state index contributed by atoms with van der Waals surface area (Å²) >= 11 is 7.83. The number of aliphatic imine (C=N–C) groups is 1. The lowest BCUT2D eigenvalue weighted by atomic mass is 10.1. The summed E-state index contributed by atoms with van der Waals surface area (Å²) in [7, 11) is 0. The highest BCUT2D eigenvalue weighted by Crippen LogP contribution is 2.26. The van der Waals surface area contributed by atoms with Crippen molar-refractivity contribution in [2.45, 2.75) is 32.2 Å². The van der Waals surface area contributed by atoms with Gasteiger partial charge in [-0.2, -0.15) is 0 Å². The van der Waals surface area contributed by atoms with E-state index in [0.29, 0.717) is 0 Å². The van der Waals surface area contributed by atoms with Gasteiger partial charge in [-0.3, -0.25) is 4.99 Å². The van der Waals surface area contributed by atoms with Crippen LogP contribution in [0.2, 0.25) is 5.02 Å². The first-order chi connectivity index (χ1) is 10.3. The maximum Gasteiger partial charge on any atom is 0.161 e. The second-order valence-electron chi connectivity index (χ2n) is 5.65. The molecule has 3 rings (SSSR count). The minimum atomic E-state index is 0.735. The Balaban J connectivity index is 1.37. The zero-order chi connectivity index (χ0) is 14.5. The molecule has 2 heterocycles. The first-order valence-electron chi connectivity index (χ1n) is 7.76. The van der Waals surface area contributed by atoms with Crippen molar-refractivity contribution in [3.63, 3.8) is 0 Å². The molecule has 1 fully saturated rings. The van der Waals surface area contributed by atoms with Crippen LogP contribution < -0.4 is 5.32 Å². The van der Waals surface area contributed by atoms with Crippen molar-refractivity contribution < 1.29 is 0 Å². The first kappa shape index (κ1) is 15.2. The Bertz CT molecular complexity index is 512. The number of benzene rings is 1. The molecule has 2 aliphatic heterocycles. The Morgan fingerprint density at radius 1 is 1.24 bits per heavy atom. The Morgan fingerprint density at radius 3 is 2.95 bits per heavy atom. The van der Waals surface area contributed by atoms with E-state index in [-0.39, 0.29) is 0 Å². The molecule has 3 nitrogen and oxygen atoms in total. The minimum Gasteiger partial charge on any atom is -0.335 e. The predicted octanol–water partition coefficient (Wildman–Crippen LogP) is 4.23. The predicted molar refractivity (Wildman–Crippen MR) is 93.6 cm³/mol. The summed E-state index contributed by atoms with van der Waals surface area (Å²) in [6.45, 7) is 4.61. The fourth-order valence-corrected chi connectivity index (χ4v) is 3.90. The number of hydrogen-bond acceptors (Lipinski definition) is 4. The quantitative estimate of drug-likeness (QED) is 0.822. The van der Waals surface area contributed by atoms with Gasteiger partial charge in [-0.05, 0) is 69.1 Å². The van der Waals surface area contributed by atoms with Crippen LogP contribution in [-0.4, -0.2) is 35.5 Å². The third-order valence-corrected chi connectivity index (χ3v) is 5.24. The molecule has 0 bridgehead atoms. The van der Waals surface area contributed by atoms with Crippen LogP contribution in [0.5, 0.6) is 0 Å². The van der Waals surface area contributed by atoms with Crippen molar-refractivity contribution in [2.24, 2.45) is 4.99 Å². The lowest BCUT2D eigenvalue weighted by molar-refractivity contribution is 0.333. The standard InChI is InChI=1S/C16H22ClN3S/c17-14-5-6-15-13(11-14)12-18-16(19-15)21-10-4-3-9-20-7-1-2-8-20/h5-6,11H,1-4,7-10,12H2,(H,18,19). The fraction of sp³-hybridized carbons (Fsp3) is 0.562. The summed E-state index contributed by atoms with van der Waals surface area (Å²) in [5.41, 5.74) is 2.33. The highest BCUT2D eigenvalue weighted by atomic mass is 35.5. The Hall–Kier alpha value is -0.710. The van der Waals surface area contributed by atoms with Crippen molar-refractivity contribution >= 4 is 34.2 Å². The van der Waals surface area contributed by atoms with Gasteiger partial charge < -0.3 is 10.2 Å². The SMILES string of the molecule is Clc1ccc2c(c1)CN=C(SCCCCN1CCCC1)N2. The smallest absolute Gasteiger partial charge is 0.161 e. The summed E-state index contributed by atoms with van der Waals surface area (Å²) < 4.78 is 0. The second kappa shape index (κ2) is 7.52. The van der Waals surface area contributed by atoms with Crippen molar-refractivity contribution in [3.8, 4) is 0 Å². The molecule has 0 spiro atoms. The van der Waals surface area contributed by atoms with Crippen molar-refractivity contribution in [1.29, 1.82) is 0 Å². The topological polar surface area (TPSA) is 27.6 Å². The van der Waals surface area contributed by atoms with Gasteiger partial charge in [0.1, 0.15) is 0 Å². The molecule has 1 N–H and O–H groups in total. The molecule has 21 heavy (non-hydrogen) atoms. The van der Waals surface area contributed by atoms with E-state index < -0.39 is 0 Å². The number of thioether (sulfide) groups is 1. The molecule has 0 saturated carbocycles. The Morgan fingerprint density at radius 2 is 2.10 bits per heavy atom. The maximum absolute atomic E-state index is 6.00. The van der Waals surface area contributed by atoms with Gasteiger partial charge in [0.2, 0.25) is 0 Å². The normalized spacial score (nSPS) is 18.2. The molecule has 0 atom stereocenters. The average Bonchev–Trinajstić information content (AvgIpc) is 3.00. The highest BCUT2D eigenvalue weighted by Gasteiger charge is 2.13. The van der Waals surface area contributed by atoms with Gasteiger partial charge in [-0.1, -0.05) is 23.4 Å². The summed E-state index contributed by atoms with van der Waals surface area (Å²) in [5, 5.41) is 5.23. The second-order valence-corrected chi connectivity index (χ2v) is 7.17. The summed E-state index contributed by atoms with van der Waals surface area (Å²) in [6.07, 6.45) is 5.33. The van der Waals surface area contributed by atoms with Gasteiger partial charge >= 0.3 is 0 Å². The fourth-order valence-electron chi connectivity index (χ4n) is 2.82. The monoisotopic (exact) mass is 323 g/mol. The maximum atomic E-state index is 6.00. The zero-order valence-corrected chi connectivity index (χ0v) is 13.8. The van der Waals surface area contributed by atoms with Crippen LogP contribution in [0, 0.1) is 0 Å². The lowest BCUT2D eigenvalue weighted by Crippen LogP contribution is -2.20. The van der Waals surface area contributed by atoms with E-state index in [1.807, 2.05) is 30.0 Å². The number of nitrogens with one attached hydrogen (secondary N) is 1. The number of amidine groups is 1. The number of anilines is 1. The minimum absolute atomic E-state index is 0.735. The van der Waals surface area contributed by atoms with Crippen LogP contribution in [0.25, 0.3) is 0 Å². The number of rotatable bonds is 5. The molecule has 5 heteroatoms. The highest BCUT2D eigenvalue weighted by molar-refractivity contribution is 8.14. The molecule has 0 radical (unpaired) electrons. The van der Waals surface area contributed by atoms with Crippen LogP contribution in [0.3, 0.4) is 0 Å². The Labute approximate surface area is 136 Å². The van der Waals surface area contributed by atoms with Crippen LogP contribution in [0.4, 0.5) is 5.69 Å². The number of likely N-dealkylation sites (tertiary alicyclic amines) is 1. The zero-order valence-electron chi connectivity index (χ0n) is 12.3. The first-order valence-corrected chi connectivity index (χ1v) is 9.13. The van der Waals surface area contributed by atoms with E-state index in [1.165, 1.54) is 50.9 Å². The number of fused-ring (bicyclic) bond motifs is 1. The van der Waals surface area contributed by atoms with Gasteiger partial charge in [0, 0.05) is 16.5 Å². The van der Waals surface area contributed by atoms with E-state index in [9.17, 15) is 0 Å². The van der Waals surface area contributed by atoms with E-state index in [4.69, 9.17) is 11.6 Å². The average molecular weight is 324 g/mol. The summed E-state index contributed by atoms with van der Waals surface area (Å²) in [6, 6.07) is 5.96. The summed E-state index contributed by atoms with van der Waals surface area (Å²) in [4.78, 5) is 7.17. The largest absolute Gasteiger partial charge is 0.335 e. The van der Waals surface area contributed by atoms with Gasteiger partial charge in [-0.25, -0.2) is 0 Å². The van der Waals surface area contributed by atoms with Crippen LogP contribution in [0.15, 0.2) is 23.2 Å². The van der Waals surface area contributed by atoms with E-state index in [1.54, 1.807) is 0 Å². The number of nitrogens with zero attached hydrogens (tertiary/aromatic N) is 2. The number of hydrogen-bond donors (Lipinski definition) is 1. The molecular formula is C16H22ClN3S. The van der Waals surface area contributed by atoms with E-state index in [0.717, 1.165) is 28.2 Å². The Kier molecular flexibility index (Phi) is 5.44. The van der Waals surface area contributed by atoms with Gasteiger partial charge in [0.15, 0.2) is 5.17 Å². The lowest BCUT2D eigenvalue weighted by Gasteiger charge is -2.18. The van der Waals surface area contributed by atoms with Gasteiger partial charge in [0.05, 0.1) is 6.54 Å². The van der Waals surface area contributed by atoms with Crippen molar-refractivity contribution in [1.82, 2.24) is 4.90 Å². The molecule has 114 valence electrons. The van der Waals surface area contributed by atoms with Gasteiger partial charge in [-0.15, -0.1) is 0 Å². The molecule has 0 amide bonds. The molecule has 0 aliphatic carbocycles.